The molecule has 1 aliphatic heterocycles. The molecule has 168 valence electrons. The first-order chi connectivity index (χ1) is 15.4. The van der Waals surface area contributed by atoms with Crippen molar-refractivity contribution in [2.75, 3.05) is 11.4 Å². The lowest BCUT2D eigenvalue weighted by Gasteiger charge is -2.26. The van der Waals surface area contributed by atoms with Crippen molar-refractivity contribution in [3.8, 4) is 6.07 Å². The van der Waals surface area contributed by atoms with E-state index in [0.717, 1.165) is 17.0 Å². The summed E-state index contributed by atoms with van der Waals surface area (Å²) in [6.45, 7) is 4.63. The van der Waals surface area contributed by atoms with Crippen LogP contribution in [0.4, 0.5) is 5.69 Å². The summed E-state index contributed by atoms with van der Waals surface area (Å²) in [6.07, 6.45) is 11.7. The highest BCUT2D eigenvalue weighted by molar-refractivity contribution is 6.06. The van der Waals surface area contributed by atoms with Crippen LogP contribution in [0.2, 0.25) is 0 Å². The number of aryl methyl sites for hydroxylation is 2. The first-order valence-electron chi connectivity index (χ1n) is 11.3. The van der Waals surface area contributed by atoms with E-state index < -0.39 is 11.9 Å². The summed E-state index contributed by atoms with van der Waals surface area (Å²) in [5.41, 5.74) is 3.84. The van der Waals surface area contributed by atoms with Crippen molar-refractivity contribution >= 4 is 23.6 Å². The van der Waals surface area contributed by atoms with Gasteiger partial charge in [0.1, 0.15) is 17.7 Å². The van der Waals surface area contributed by atoms with E-state index in [1.54, 1.807) is 35.1 Å². The van der Waals surface area contributed by atoms with Gasteiger partial charge in [-0.2, -0.15) is 10.4 Å². The van der Waals surface area contributed by atoms with Crippen LogP contribution in [0.3, 0.4) is 0 Å². The molecule has 4 rings (SSSR count). The predicted octanol–water partition coefficient (Wildman–Crippen LogP) is 3.17. The summed E-state index contributed by atoms with van der Waals surface area (Å²) in [4.78, 5) is 27.2. The molecule has 2 amide bonds. The topological polar surface area (TPSA) is 96.0 Å². The lowest BCUT2D eigenvalue weighted by molar-refractivity contribution is -0.124. The molecule has 8 heteroatoms. The van der Waals surface area contributed by atoms with Crippen LogP contribution in [-0.4, -0.2) is 38.7 Å². The van der Waals surface area contributed by atoms with Gasteiger partial charge in [-0.3, -0.25) is 14.3 Å². The first-order valence-corrected chi connectivity index (χ1v) is 11.3. The molecule has 32 heavy (non-hydrogen) atoms. The van der Waals surface area contributed by atoms with Gasteiger partial charge in [0.2, 0.25) is 5.91 Å². The van der Waals surface area contributed by atoms with Crippen LogP contribution < -0.4 is 10.2 Å². The fourth-order valence-corrected chi connectivity index (χ4v) is 5.01. The van der Waals surface area contributed by atoms with Crippen LogP contribution in [0.25, 0.3) is 6.08 Å². The summed E-state index contributed by atoms with van der Waals surface area (Å²) >= 11 is 0. The Hall–Kier alpha value is -3.34. The van der Waals surface area contributed by atoms with Gasteiger partial charge in [0.05, 0.1) is 11.9 Å². The zero-order chi connectivity index (χ0) is 22.8. The third-order valence-corrected chi connectivity index (χ3v) is 6.64. The summed E-state index contributed by atoms with van der Waals surface area (Å²) in [7, 11) is 1.79. The second kappa shape index (κ2) is 9.03. The molecular weight excluding hydrogens is 404 g/mol. The van der Waals surface area contributed by atoms with Gasteiger partial charge in [-0.25, -0.2) is 0 Å². The highest BCUT2D eigenvalue weighted by atomic mass is 16.2. The Bertz CT molecular complexity index is 1100. The molecule has 2 aromatic rings. The number of amides is 2. The van der Waals surface area contributed by atoms with Gasteiger partial charge in [0.15, 0.2) is 0 Å². The molecule has 0 bridgehead atoms. The van der Waals surface area contributed by atoms with Crippen molar-refractivity contribution in [3.05, 3.63) is 41.0 Å². The molecule has 1 unspecified atom stereocenters. The van der Waals surface area contributed by atoms with Crippen LogP contribution in [-0.2, 0) is 16.6 Å². The first kappa shape index (κ1) is 21.9. The van der Waals surface area contributed by atoms with Crippen LogP contribution >= 0.6 is 0 Å². The number of nitrogens with zero attached hydrogens (tertiary/aromatic N) is 5. The molecule has 0 radical (unpaired) electrons. The van der Waals surface area contributed by atoms with Crippen LogP contribution in [0.5, 0.6) is 0 Å². The maximum atomic E-state index is 12.8. The smallest absolute Gasteiger partial charge is 0.262 e. The highest BCUT2D eigenvalue weighted by Crippen LogP contribution is 2.32. The molecule has 1 N–H and O–H groups in total. The number of aromatic nitrogens is 3. The minimum Gasteiger partial charge on any atom is -0.346 e. The minimum atomic E-state index is -0.644. The third kappa shape index (κ3) is 4.20. The lowest BCUT2D eigenvalue weighted by atomic mass is 9.95. The Kier molecular flexibility index (Phi) is 6.17. The molecule has 8 nitrogen and oxygen atoms in total. The van der Waals surface area contributed by atoms with E-state index in [9.17, 15) is 14.9 Å². The Morgan fingerprint density at radius 2 is 2.00 bits per heavy atom. The number of rotatable bonds is 5. The molecule has 0 spiro atoms. The molecule has 2 aliphatic rings. The lowest BCUT2D eigenvalue weighted by Crippen LogP contribution is -2.42. The summed E-state index contributed by atoms with van der Waals surface area (Å²) in [6, 6.07) is 3.91. The van der Waals surface area contributed by atoms with Crippen molar-refractivity contribution in [3.63, 3.8) is 0 Å². The van der Waals surface area contributed by atoms with Crippen molar-refractivity contribution in [1.29, 1.82) is 5.26 Å². The number of carbonyl (C=O) groups excluding carboxylic acids is 2. The maximum absolute atomic E-state index is 12.8. The van der Waals surface area contributed by atoms with E-state index in [2.05, 4.69) is 21.9 Å². The van der Waals surface area contributed by atoms with E-state index in [-0.39, 0.29) is 11.5 Å². The van der Waals surface area contributed by atoms with E-state index in [0.29, 0.717) is 24.7 Å². The number of nitrogens with one attached hydrogen (secondary N) is 1. The molecule has 3 heterocycles. The largest absolute Gasteiger partial charge is 0.346 e. The van der Waals surface area contributed by atoms with Gasteiger partial charge in [-0.1, -0.05) is 19.3 Å². The summed E-state index contributed by atoms with van der Waals surface area (Å²) < 4.78 is 3.99. The van der Waals surface area contributed by atoms with E-state index >= 15 is 0 Å². The number of hydrogen-bond donors (Lipinski definition) is 1. The Balaban J connectivity index is 1.49. The zero-order valence-corrected chi connectivity index (χ0v) is 19.0. The number of nitriles is 1. The maximum Gasteiger partial charge on any atom is 0.262 e. The molecule has 1 saturated carbocycles. The molecule has 1 saturated heterocycles. The fraction of sp³-hybridized carbons (Fsp3) is 0.500. The minimum absolute atomic E-state index is 0.0153. The molecule has 0 aromatic carbocycles. The number of hydrogen-bond acceptors (Lipinski definition) is 4. The molecule has 1 atom stereocenters. The van der Waals surface area contributed by atoms with Crippen LogP contribution in [0.15, 0.2) is 24.0 Å². The Morgan fingerprint density at radius 1 is 1.25 bits per heavy atom. The van der Waals surface area contributed by atoms with Crippen molar-refractivity contribution in [1.82, 2.24) is 19.7 Å². The van der Waals surface area contributed by atoms with Gasteiger partial charge in [-0.15, -0.1) is 0 Å². The van der Waals surface area contributed by atoms with Crippen molar-refractivity contribution in [2.45, 2.75) is 64.5 Å². The van der Waals surface area contributed by atoms with Gasteiger partial charge in [-0.05, 0) is 50.8 Å². The molecule has 2 aromatic heterocycles. The van der Waals surface area contributed by atoms with Crippen LogP contribution in [0.1, 0.15) is 61.5 Å². The second-order valence-corrected chi connectivity index (χ2v) is 8.83. The number of anilines is 1. The van der Waals surface area contributed by atoms with Crippen LogP contribution in [0, 0.1) is 25.2 Å². The van der Waals surface area contributed by atoms with Gasteiger partial charge in [0.25, 0.3) is 5.91 Å². The standard InChI is InChI=1S/C24H30N6O2/c1-16-11-18(17(2)30(16)20-7-5-4-6-8-20)12-19(13-25)23(31)27-22-9-10-29(24(22)32)21-14-26-28(3)15-21/h11-12,14-15,20,22H,4-10H2,1-3H3,(H,27,31)/b19-12-. The normalized spacial score (nSPS) is 19.9. The fourth-order valence-electron chi connectivity index (χ4n) is 5.01. The van der Waals surface area contributed by atoms with E-state index in [4.69, 9.17) is 0 Å². The SMILES string of the molecule is Cc1cc(/C=C(/C#N)C(=O)NC2CCN(c3cnn(C)c3)C2=O)c(C)n1C1CCCCC1. The van der Waals surface area contributed by atoms with Crippen molar-refractivity contribution in [2.24, 2.45) is 7.05 Å². The van der Waals surface area contributed by atoms with Crippen molar-refractivity contribution < 1.29 is 9.59 Å². The quantitative estimate of drug-likeness (QED) is 0.577. The predicted molar refractivity (Wildman–Crippen MR) is 122 cm³/mol. The molecular formula is C24H30N6O2. The van der Waals surface area contributed by atoms with Gasteiger partial charge in [0, 0.05) is 37.2 Å². The monoisotopic (exact) mass is 434 g/mol. The Morgan fingerprint density at radius 3 is 2.66 bits per heavy atom. The highest BCUT2D eigenvalue weighted by Gasteiger charge is 2.34. The zero-order valence-electron chi connectivity index (χ0n) is 19.0. The number of carbonyl (C=O) groups is 2. The average molecular weight is 435 g/mol. The molecule has 1 aliphatic carbocycles. The van der Waals surface area contributed by atoms with Gasteiger partial charge < -0.3 is 14.8 Å². The second-order valence-electron chi connectivity index (χ2n) is 8.83. The average Bonchev–Trinajstić information content (AvgIpc) is 3.44. The molecule has 2 fully saturated rings. The van der Waals surface area contributed by atoms with E-state index in [1.165, 1.54) is 32.1 Å². The van der Waals surface area contributed by atoms with E-state index in [1.807, 2.05) is 19.1 Å². The summed E-state index contributed by atoms with van der Waals surface area (Å²) in [5.74, 6) is -0.694. The summed E-state index contributed by atoms with van der Waals surface area (Å²) in [5, 5.41) is 16.5. The third-order valence-electron chi connectivity index (χ3n) is 6.64. The van der Waals surface area contributed by atoms with Gasteiger partial charge >= 0.3 is 0 Å². The Labute approximate surface area is 188 Å².